The minimum atomic E-state index is -0.512. The van der Waals surface area contributed by atoms with E-state index in [0.29, 0.717) is 73.5 Å². The van der Waals surface area contributed by atoms with Crippen molar-refractivity contribution in [3.63, 3.8) is 0 Å². The van der Waals surface area contributed by atoms with Gasteiger partial charge in [0.2, 0.25) is 0 Å². The largest absolute Gasteiger partial charge is 0.310 e. The van der Waals surface area contributed by atoms with Crippen molar-refractivity contribution in [3.05, 3.63) is 296 Å². The Labute approximate surface area is 468 Å². The Morgan fingerprint density at radius 3 is 1.58 bits per heavy atom. The van der Waals surface area contributed by atoms with Gasteiger partial charge < -0.3 is 9.47 Å². The predicted molar refractivity (Wildman–Crippen MR) is 324 cm³/mol. The first-order chi connectivity index (χ1) is 39.8. The van der Waals surface area contributed by atoms with Gasteiger partial charge in [0.25, 0.3) is 11.8 Å². The van der Waals surface area contributed by atoms with Gasteiger partial charge in [-0.1, -0.05) is 166 Å². The second kappa shape index (κ2) is 20.7. The van der Waals surface area contributed by atoms with Gasteiger partial charge in [-0.05, 0) is 89.8 Å². The SMILES string of the molecule is C=C1/C(c2ccccn2)=C\C=C/C(C)/C=C(/c2ccccn2)C(=C)N1c1cc(C#N)cc(-n2c3c(-c4ccccn4)cccc3c3cccc(-c4ccccn4)c32)c1-c1cccc2c1C(=O)N(c1ccccc1-c1ccccc1)C2=O. The van der Waals surface area contributed by atoms with E-state index in [1.807, 2.05) is 181 Å². The molecule has 0 saturated heterocycles. The van der Waals surface area contributed by atoms with E-state index in [-0.39, 0.29) is 22.6 Å². The number of pyridine rings is 4. The van der Waals surface area contributed by atoms with E-state index in [1.165, 1.54) is 4.90 Å². The number of amides is 2. The summed E-state index contributed by atoms with van der Waals surface area (Å²) >= 11 is 0. The zero-order chi connectivity index (χ0) is 55.1. The lowest BCUT2D eigenvalue weighted by molar-refractivity contribution is 0.0926. The number of para-hydroxylation sites is 3. The van der Waals surface area contributed by atoms with E-state index >= 15 is 9.59 Å². The summed E-state index contributed by atoms with van der Waals surface area (Å²) in [4.78, 5) is 54.3. The van der Waals surface area contributed by atoms with Gasteiger partial charge in [0.15, 0.2) is 0 Å². The van der Waals surface area contributed by atoms with Gasteiger partial charge in [0.05, 0.1) is 73.6 Å². The average Bonchev–Trinajstić information content (AvgIpc) is 4.05. The third kappa shape index (κ3) is 8.54. The number of benzene rings is 6. The lowest BCUT2D eigenvalue weighted by atomic mass is 9.90. The standard InChI is InChI=1S/C71H48N8O2/c1-45-21-17-25-50(59-32-9-13-37-73-59)46(2)77(47(3)58(41-45)62-35-12-16-40-76-62)64-42-48(44-72)43-65(67(64)56-30-20-31-57-66(56)71(81)79(70(57)80)63-36-8-7-24-51(63)49-22-5-4-6-23-49)78-68-52(26-18-28-54(68)60-33-10-14-38-74-60)53-27-19-29-55(69(53)78)61-34-11-15-39-75-61/h4-43,45H,2-3H2,1H3/b21-17-,50-25+,58-41+. The van der Waals surface area contributed by atoms with Crippen LogP contribution >= 0.6 is 0 Å². The highest BCUT2D eigenvalue weighted by atomic mass is 16.2. The second-order valence-corrected chi connectivity index (χ2v) is 19.8. The van der Waals surface area contributed by atoms with Crippen LogP contribution in [0.5, 0.6) is 0 Å². The summed E-state index contributed by atoms with van der Waals surface area (Å²) in [6.07, 6.45) is 15.2. The van der Waals surface area contributed by atoms with Crippen molar-refractivity contribution < 1.29 is 9.59 Å². The molecule has 11 aromatic rings. The molecule has 5 aromatic heterocycles. The van der Waals surface area contributed by atoms with Gasteiger partial charge in [-0.15, -0.1) is 0 Å². The van der Waals surface area contributed by atoms with Crippen molar-refractivity contribution in [3.8, 4) is 56.5 Å². The molecule has 0 saturated carbocycles. The van der Waals surface area contributed by atoms with Crippen LogP contribution in [0.15, 0.2) is 268 Å². The molecule has 0 N–H and O–H groups in total. The third-order valence-electron chi connectivity index (χ3n) is 15.0. The van der Waals surface area contributed by atoms with Crippen LogP contribution in [-0.2, 0) is 0 Å². The molecule has 2 amide bonds. The number of hydrogen-bond acceptors (Lipinski definition) is 8. The number of anilines is 2. The number of carbonyl (C=O) groups excluding carboxylic acids is 2. The Hall–Kier alpha value is -11.2. The average molecular weight is 1050 g/mol. The van der Waals surface area contributed by atoms with Crippen molar-refractivity contribution in [1.82, 2.24) is 24.5 Å². The molecule has 0 radical (unpaired) electrons. The van der Waals surface area contributed by atoms with E-state index < -0.39 is 11.8 Å². The van der Waals surface area contributed by atoms with Crippen molar-refractivity contribution in [2.45, 2.75) is 6.92 Å². The van der Waals surface area contributed by atoms with Crippen LogP contribution in [0.25, 0.3) is 83.4 Å². The number of imide groups is 1. The monoisotopic (exact) mass is 1040 g/mol. The molecule has 1 atom stereocenters. The summed E-state index contributed by atoms with van der Waals surface area (Å²) < 4.78 is 2.18. The first kappa shape index (κ1) is 49.4. The van der Waals surface area contributed by atoms with E-state index in [2.05, 4.69) is 54.0 Å². The summed E-state index contributed by atoms with van der Waals surface area (Å²) in [6.45, 7) is 12.0. The number of allylic oxidation sites excluding steroid dienone is 6. The fourth-order valence-corrected chi connectivity index (χ4v) is 11.4. The van der Waals surface area contributed by atoms with Crippen LogP contribution in [0, 0.1) is 17.2 Å². The highest BCUT2D eigenvalue weighted by molar-refractivity contribution is 6.37. The van der Waals surface area contributed by atoms with Crippen LogP contribution in [0.1, 0.15) is 44.6 Å². The smallest absolute Gasteiger partial charge is 0.266 e. The number of hydrogen-bond donors (Lipinski definition) is 0. The number of aromatic nitrogens is 5. The number of nitriles is 1. The maximum absolute atomic E-state index is 16.1. The Kier molecular flexibility index (Phi) is 12.6. The van der Waals surface area contributed by atoms with E-state index in [1.54, 1.807) is 30.9 Å². The van der Waals surface area contributed by atoms with E-state index in [4.69, 9.17) is 33.1 Å². The molecule has 384 valence electrons. The third-order valence-corrected chi connectivity index (χ3v) is 15.0. The Balaban J connectivity index is 1.20. The van der Waals surface area contributed by atoms with Crippen molar-refractivity contribution in [1.29, 1.82) is 5.26 Å². The topological polar surface area (TPSA) is 121 Å². The molecule has 6 aromatic carbocycles. The highest BCUT2D eigenvalue weighted by Crippen LogP contribution is 2.51. The fourth-order valence-electron chi connectivity index (χ4n) is 11.4. The predicted octanol–water partition coefficient (Wildman–Crippen LogP) is 15.9. The zero-order valence-corrected chi connectivity index (χ0v) is 44.0. The molecule has 0 fully saturated rings. The number of fused-ring (bicyclic) bond motifs is 4. The molecule has 0 aliphatic carbocycles. The highest BCUT2D eigenvalue weighted by Gasteiger charge is 2.41. The summed E-state index contributed by atoms with van der Waals surface area (Å²) in [5.74, 6) is -1.10. The van der Waals surface area contributed by atoms with E-state index in [0.717, 1.165) is 44.1 Å². The van der Waals surface area contributed by atoms with Crippen molar-refractivity contribution in [2.75, 3.05) is 9.80 Å². The molecule has 0 bridgehead atoms. The summed E-state index contributed by atoms with van der Waals surface area (Å²) in [7, 11) is 0. The first-order valence-electron chi connectivity index (χ1n) is 26.5. The summed E-state index contributed by atoms with van der Waals surface area (Å²) in [5, 5.41) is 13.4. The maximum atomic E-state index is 16.1. The van der Waals surface area contributed by atoms with Crippen LogP contribution in [0.2, 0.25) is 0 Å². The quantitative estimate of drug-likeness (QED) is 0.131. The normalized spacial score (nSPS) is 16.2. The van der Waals surface area contributed by atoms with E-state index in [9.17, 15) is 5.26 Å². The van der Waals surface area contributed by atoms with Crippen molar-refractivity contribution in [2.24, 2.45) is 5.92 Å². The lowest BCUT2D eigenvalue weighted by Crippen LogP contribution is -2.30. The van der Waals surface area contributed by atoms with Crippen LogP contribution in [0.4, 0.5) is 11.4 Å². The molecular weight excluding hydrogens is 997 g/mol. The molecule has 0 spiro atoms. The number of nitrogens with zero attached hydrogens (tertiary/aromatic N) is 8. The van der Waals surface area contributed by atoms with Crippen LogP contribution in [-0.4, -0.2) is 36.3 Å². The van der Waals surface area contributed by atoms with Crippen LogP contribution in [0.3, 0.4) is 0 Å². The van der Waals surface area contributed by atoms with Gasteiger partial charge >= 0.3 is 0 Å². The van der Waals surface area contributed by atoms with Crippen LogP contribution < -0.4 is 9.80 Å². The minimum absolute atomic E-state index is 0.118. The second-order valence-electron chi connectivity index (χ2n) is 19.8. The molecule has 7 heterocycles. The number of rotatable bonds is 9. The molecular formula is C71H48N8O2. The summed E-state index contributed by atoms with van der Waals surface area (Å²) in [6, 6.07) is 64.4. The number of carbonyl (C=O) groups is 2. The lowest BCUT2D eigenvalue weighted by Gasteiger charge is -2.34. The Morgan fingerprint density at radius 2 is 0.975 bits per heavy atom. The molecule has 10 heteroatoms. The summed E-state index contributed by atoms with van der Waals surface area (Å²) in [5.41, 5.74) is 12.8. The fraction of sp³-hybridized carbons (Fsp3) is 0.0282. The van der Waals surface area contributed by atoms with Gasteiger partial charge in [-0.2, -0.15) is 5.26 Å². The Morgan fingerprint density at radius 1 is 0.469 bits per heavy atom. The maximum Gasteiger partial charge on any atom is 0.266 e. The zero-order valence-electron chi connectivity index (χ0n) is 44.0. The van der Waals surface area contributed by atoms with Gasteiger partial charge in [0.1, 0.15) is 0 Å². The van der Waals surface area contributed by atoms with Gasteiger partial charge in [0, 0.05) is 80.4 Å². The molecule has 81 heavy (non-hydrogen) atoms. The minimum Gasteiger partial charge on any atom is -0.310 e. The van der Waals surface area contributed by atoms with Crippen molar-refractivity contribution >= 4 is 56.1 Å². The van der Waals surface area contributed by atoms with Gasteiger partial charge in [-0.3, -0.25) is 29.5 Å². The Bertz CT molecular complexity index is 4410. The molecule has 10 nitrogen and oxygen atoms in total. The molecule has 13 rings (SSSR count). The first-order valence-corrected chi connectivity index (χ1v) is 26.5. The van der Waals surface area contributed by atoms with Gasteiger partial charge in [-0.25, -0.2) is 4.90 Å². The molecule has 2 aliphatic rings. The molecule has 2 aliphatic heterocycles. The molecule has 1 unspecified atom stereocenters.